The molecule has 1 aliphatic rings. The van der Waals surface area contributed by atoms with Crippen LogP contribution in [-0.2, 0) is 0 Å². The summed E-state index contributed by atoms with van der Waals surface area (Å²) >= 11 is 0. The molecule has 1 N–H and O–H groups in total. The second-order valence-corrected chi connectivity index (χ2v) is 5.52. The van der Waals surface area contributed by atoms with Crippen molar-refractivity contribution >= 4 is 0 Å². The van der Waals surface area contributed by atoms with Gasteiger partial charge in [0.15, 0.2) is 0 Å². The van der Waals surface area contributed by atoms with Gasteiger partial charge in [-0.05, 0) is 37.5 Å². The minimum atomic E-state index is 0.671. The van der Waals surface area contributed by atoms with Crippen molar-refractivity contribution in [3.8, 4) is 0 Å². The molecule has 0 aliphatic heterocycles. The molecule has 1 unspecified atom stereocenters. The molecule has 0 aromatic carbocycles. The van der Waals surface area contributed by atoms with Crippen LogP contribution in [-0.4, -0.2) is 12.6 Å². The molecule has 1 atom stereocenters. The predicted octanol–water partition coefficient (Wildman–Crippen LogP) is 3.59. The molecule has 0 aromatic rings. The van der Waals surface area contributed by atoms with Gasteiger partial charge in [-0.1, -0.05) is 33.6 Å². The quantitative estimate of drug-likeness (QED) is 0.686. The van der Waals surface area contributed by atoms with Crippen LogP contribution in [0.2, 0.25) is 0 Å². The van der Waals surface area contributed by atoms with Gasteiger partial charge in [-0.25, -0.2) is 0 Å². The number of rotatable bonds is 6. The van der Waals surface area contributed by atoms with Gasteiger partial charge in [0.1, 0.15) is 0 Å². The Kier molecular flexibility index (Phi) is 4.43. The van der Waals surface area contributed by atoms with Crippen LogP contribution in [0.1, 0.15) is 59.8 Å². The summed E-state index contributed by atoms with van der Waals surface area (Å²) in [5, 5.41) is 3.71. The second kappa shape index (κ2) is 5.16. The van der Waals surface area contributed by atoms with Crippen molar-refractivity contribution in [3.05, 3.63) is 0 Å². The second-order valence-electron chi connectivity index (χ2n) is 5.52. The van der Waals surface area contributed by atoms with Crippen LogP contribution in [0, 0.1) is 11.3 Å². The Hall–Kier alpha value is -0.0400. The smallest absolute Gasteiger partial charge is 0.00619 e. The van der Waals surface area contributed by atoms with Crippen molar-refractivity contribution < 1.29 is 0 Å². The van der Waals surface area contributed by atoms with Crippen LogP contribution >= 0.6 is 0 Å². The van der Waals surface area contributed by atoms with Crippen LogP contribution in [0.15, 0.2) is 0 Å². The lowest BCUT2D eigenvalue weighted by Gasteiger charge is -2.43. The highest BCUT2D eigenvalue weighted by atomic mass is 14.9. The van der Waals surface area contributed by atoms with Gasteiger partial charge in [-0.15, -0.1) is 0 Å². The summed E-state index contributed by atoms with van der Waals surface area (Å²) in [4.78, 5) is 0. The van der Waals surface area contributed by atoms with Gasteiger partial charge in [-0.2, -0.15) is 0 Å². The maximum absolute atomic E-state index is 3.71. The molecule has 1 heteroatoms. The molecule has 1 rings (SSSR count). The van der Waals surface area contributed by atoms with Crippen LogP contribution in [0.5, 0.6) is 0 Å². The molecule has 1 fully saturated rings. The Balaban J connectivity index is 2.27. The molecular weight excluding hydrogens is 170 g/mol. The minimum absolute atomic E-state index is 0.671. The fourth-order valence-corrected chi connectivity index (χ4v) is 2.34. The number of hydrogen-bond donors (Lipinski definition) is 1. The van der Waals surface area contributed by atoms with E-state index in [2.05, 4.69) is 33.0 Å². The zero-order valence-corrected chi connectivity index (χ0v) is 10.4. The van der Waals surface area contributed by atoms with Crippen molar-refractivity contribution in [2.24, 2.45) is 11.3 Å². The minimum Gasteiger partial charge on any atom is -0.313 e. The first-order chi connectivity index (χ1) is 6.59. The van der Waals surface area contributed by atoms with E-state index in [9.17, 15) is 0 Å². The molecule has 1 aliphatic carbocycles. The Morgan fingerprint density at radius 3 is 2.21 bits per heavy atom. The average Bonchev–Trinajstić information content (AvgIpc) is 2.08. The van der Waals surface area contributed by atoms with E-state index >= 15 is 0 Å². The molecule has 0 aromatic heterocycles. The molecule has 0 saturated heterocycles. The monoisotopic (exact) mass is 197 g/mol. The SMILES string of the molecule is CCCC1(CNC(C)C(C)C)CCC1. The fourth-order valence-electron chi connectivity index (χ4n) is 2.34. The summed E-state index contributed by atoms with van der Waals surface area (Å²) in [6.07, 6.45) is 7.14. The third-order valence-electron chi connectivity index (χ3n) is 3.99. The topological polar surface area (TPSA) is 12.0 Å². The van der Waals surface area contributed by atoms with E-state index in [1.165, 1.54) is 38.6 Å². The van der Waals surface area contributed by atoms with Crippen LogP contribution < -0.4 is 5.32 Å². The lowest BCUT2D eigenvalue weighted by atomic mass is 9.66. The standard InChI is InChI=1S/C13H27N/c1-5-7-13(8-6-9-13)10-14-12(4)11(2)3/h11-12,14H,5-10H2,1-4H3. The van der Waals surface area contributed by atoms with Gasteiger partial charge in [0.25, 0.3) is 0 Å². The van der Waals surface area contributed by atoms with E-state index in [4.69, 9.17) is 0 Å². The number of nitrogens with one attached hydrogen (secondary N) is 1. The van der Waals surface area contributed by atoms with Gasteiger partial charge in [0, 0.05) is 12.6 Å². The maximum atomic E-state index is 3.71. The van der Waals surface area contributed by atoms with Gasteiger partial charge in [-0.3, -0.25) is 0 Å². The van der Waals surface area contributed by atoms with E-state index < -0.39 is 0 Å². The maximum Gasteiger partial charge on any atom is 0.00619 e. The lowest BCUT2D eigenvalue weighted by molar-refractivity contribution is 0.109. The molecule has 0 radical (unpaired) electrons. The van der Waals surface area contributed by atoms with E-state index in [1.54, 1.807) is 0 Å². The third-order valence-corrected chi connectivity index (χ3v) is 3.99. The van der Waals surface area contributed by atoms with Gasteiger partial charge >= 0.3 is 0 Å². The van der Waals surface area contributed by atoms with Gasteiger partial charge in [0.05, 0.1) is 0 Å². The predicted molar refractivity (Wildman–Crippen MR) is 63.5 cm³/mol. The Morgan fingerprint density at radius 2 is 1.86 bits per heavy atom. The molecule has 1 saturated carbocycles. The summed E-state index contributed by atoms with van der Waals surface area (Å²) in [6, 6.07) is 0.671. The van der Waals surface area contributed by atoms with Crippen LogP contribution in [0.4, 0.5) is 0 Å². The highest BCUT2D eigenvalue weighted by molar-refractivity contribution is 4.89. The molecule has 84 valence electrons. The highest BCUT2D eigenvalue weighted by Crippen LogP contribution is 2.44. The zero-order chi connectivity index (χ0) is 10.6. The van der Waals surface area contributed by atoms with Gasteiger partial charge < -0.3 is 5.32 Å². The van der Waals surface area contributed by atoms with Crippen LogP contribution in [0.25, 0.3) is 0 Å². The van der Waals surface area contributed by atoms with Crippen molar-refractivity contribution in [1.29, 1.82) is 0 Å². The van der Waals surface area contributed by atoms with Crippen molar-refractivity contribution in [1.82, 2.24) is 5.32 Å². The Bertz CT molecular complexity index is 159. The van der Waals surface area contributed by atoms with Crippen molar-refractivity contribution in [2.45, 2.75) is 65.8 Å². The first-order valence-electron chi connectivity index (χ1n) is 6.33. The fraction of sp³-hybridized carbons (Fsp3) is 1.00. The Labute approximate surface area is 89.7 Å². The van der Waals surface area contributed by atoms with Crippen molar-refractivity contribution in [2.75, 3.05) is 6.54 Å². The first-order valence-corrected chi connectivity index (χ1v) is 6.33. The number of hydrogen-bond acceptors (Lipinski definition) is 1. The summed E-state index contributed by atoms with van der Waals surface area (Å²) < 4.78 is 0. The summed E-state index contributed by atoms with van der Waals surface area (Å²) in [5.41, 5.74) is 0.678. The molecular formula is C13H27N. The average molecular weight is 197 g/mol. The molecule has 14 heavy (non-hydrogen) atoms. The molecule has 0 heterocycles. The first kappa shape index (κ1) is 12.0. The summed E-state index contributed by atoms with van der Waals surface area (Å²) in [5.74, 6) is 0.758. The summed E-state index contributed by atoms with van der Waals surface area (Å²) in [6.45, 7) is 10.5. The molecule has 0 bridgehead atoms. The molecule has 0 amide bonds. The van der Waals surface area contributed by atoms with Gasteiger partial charge in [0.2, 0.25) is 0 Å². The Morgan fingerprint density at radius 1 is 1.21 bits per heavy atom. The van der Waals surface area contributed by atoms with Crippen LogP contribution in [0.3, 0.4) is 0 Å². The normalized spacial score (nSPS) is 22.1. The van der Waals surface area contributed by atoms with E-state index in [-0.39, 0.29) is 0 Å². The highest BCUT2D eigenvalue weighted by Gasteiger charge is 2.35. The van der Waals surface area contributed by atoms with Crippen molar-refractivity contribution in [3.63, 3.8) is 0 Å². The summed E-state index contributed by atoms with van der Waals surface area (Å²) in [7, 11) is 0. The molecule has 1 nitrogen and oxygen atoms in total. The van der Waals surface area contributed by atoms with E-state index in [1.807, 2.05) is 0 Å². The van der Waals surface area contributed by atoms with E-state index in [0.29, 0.717) is 11.5 Å². The zero-order valence-electron chi connectivity index (χ0n) is 10.4. The largest absolute Gasteiger partial charge is 0.313 e. The van der Waals surface area contributed by atoms with E-state index in [0.717, 1.165) is 5.92 Å². The lowest BCUT2D eigenvalue weighted by Crippen LogP contribution is -2.44. The third kappa shape index (κ3) is 2.98. The molecule has 0 spiro atoms.